The van der Waals surface area contributed by atoms with E-state index in [1.54, 1.807) is 71.3 Å². The average Bonchev–Trinajstić information content (AvgIpc) is 3.39. The van der Waals surface area contributed by atoms with Gasteiger partial charge < -0.3 is 15.2 Å². The molecule has 0 bridgehead atoms. The number of rotatable bonds is 7. The molecule has 1 fully saturated rings. The Labute approximate surface area is 242 Å². The van der Waals surface area contributed by atoms with Crippen LogP contribution < -0.4 is 10.6 Å². The van der Waals surface area contributed by atoms with Crippen molar-refractivity contribution in [1.29, 1.82) is 0 Å². The molecule has 1 aliphatic heterocycles. The average molecular weight is 589 g/mol. The molecule has 2 N–H and O–H groups in total. The van der Waals surface area contributed by atoms with Gasteiger partial charge in [0, 0.05) is 49.9 Å². The number of para-hydroxylation sites is 1. The summed E-state index contributed by atoms with van der Waals surface area (Å²) >= 11 is 6.06. The first-order valence-electron chi connectivity index (χ1n) is 12.8. The first kappa shape index (κ1) is 29.7. The fraction of sp³-hybridized carbons (Fsp3) is 0.233. The summed E-state index contributed by atoms with van der Waals surface area (Å²) in [5, 5.41) is 6.80. The predicted molar refractivity (Wildman–Crippen MR) is 156 cm³/mol. The molecule has 0 atom stereocenters. The number of carbonyl (C=O) groups is 1. The summed E-state index contributed by atoms with van der Waals surface area (Å²) in [5.74, 6) is -0.184. The normalized spacial score (nSPS) is 14.0. The molecule has 1 aliphatic rings. The van der Waals surface area contributed by atoms with Crippen molar-refractivity contribution in [1.82, 2.24) is 20.1 Å². The fourth-order valence-corrected chi connectivity index (χ4v) is 4.96. The molecule has 5 rings (SSSR count). The van der Waals surface area contributed by atoms with Crippen molar-refractivity contribution in [3.05, 3.63) is 101 Å². The van der Waals surface area contributed by atoms with E-state index in [0.29, 0.717) is 34.1 Å². The molecule has 1 amide bonds. The lowest BCUT2D eigenvalue weighted by Crippen LogP contribution is -2.46. The van der Waals surface area contributed by atoms with Gasteiger partial charge in [-0.25, -0.2) is 0 Å². The highest BCUT2D eigenvalue weighted by molar-refractivity contribution is 6.30. The minimum Gasteiger partial charge on any atom is -0.351 e. The number of alkyl halides is 3. The second-order valence-corrected chi connectivity index (χ2v) is 9.82. The SMILES string of the molecule is Cl.O=C(NCCN1CCNCC1)c1ccc(-c2ccc(-c3ccc(Cl)cc3)n2-c2ccccc2C(F)(F)F)cc1. The van der Waals surface area contributed by atoms with Gasteiger partial charge >= 0.3 is 6.18 Å². The van der Waals surface area contributed by atoms with Crippen LogP contribution in [0, 0.1) is 0 Å². The van der Waals surface area contributed by atoms with Crippen LogP contribution in [0.3, 0.4) is 0 Å². The molecule has 210 valence electrons. The number of hydrogen-bond acceptors (Lipinski definition) is 3. The van der Waals surface area contributed by atoms with E-state index in [1.807, 2.05) is 0 Å². The molecule has 40 heavy (non-hydrogen) atoms. The van der Waals surface area contributed by atoms with E-state index in [4.69, 9.17) is 11.6 Å². The fourth-order valence-electron chi connectivity index (χ4n) is 4.83. The smallest absolute Gasteiger partial charge is 0.351 e. The number of nitrogens with zero attached hydrogens (tertiary/aromatic N) is 2. The molecule has 0 unspecified atom stereocenters. The molecule has 1 aromatic heterocycles. The number of benzene rings is 3. The third-order valence-electron chi connectivity index (χ3n) is 6.84. The van der Waals surface area contributed by atoms with Gasteiger partial charge in [0.15, 0.2) is 0 Å². The van der Waals surface area contributed by atoms with E-state index >= 15 is 0 Å². The van der Waals surface area contributed by atoms with E-state index < -0.39 is 11.7 Å². The van der Waals surface area contributed by atoms with Crippen molar-refractivity contribution in [3.63, 3.8) is 0 Å². The van der Waals surface area contributed by atoms with Crippen molar-refractivity contribution in [2.24, 2.45) is 0 Å². The number of amides is 1. The first-order chi connectivity index (χ1) is 18.8. The molecule has 10 heteroatoms. The molecule has 1 saturated heterocycles. The first-order valence-corrected chi connectivity index (χ1v) is 13.1. The highest BCUT2D eigenvalue weighted by atomic mass is 35.5. The third-order valence-corrected chi connectivity index (χ3v) is 7.09. The number of carbonyl (C=O) groups excluding carboxylic acids is 1. The number of nitrogens with one attached hydrogen (secondary N) is 2. The predicted octanol–water partition coefficient (Wildman–Crippen LogP) is 6.54. The summed E-state index contributed by atoms with van der Waals surface area (Å²) in [7, 11) is 0. The van der Waals surface area contributed by atoms with Crippen LogP contribution in [-0.2, 0) is 6.18 Å². The standard InChI is InChI=1S/C30H28ClF3N4O.ClH/c31-24-11-9-22(10-12-24)27-14-13-26(38(27)28-4-2-1-3-25(28)30(32,33)34)21-5-7-23(8-6-21)29(39)36-17-20-37-18-15-35-16-19-37;/h1-14,35H,15-20H2,(H,36,39);1H. The Balaban J connectivity index is 0.00000370. The van der Waals surface area contributed by atoms with Gasteiger partial charge in [0.25, 0.3) is 5.91 Å². The molecule has 0 spiro atoms. The van der Waals surface area contributed by atoms with Gasteiger partial charge in [-0.05, 0) is 59.7 Å². The quantitative estimate of drug-likeness (QED) is 0.258. The number of halogens is 5. The number of aromatic nitrogens is 1. The van der Waals surface area contributed by atoms with Crippen LogP contribution in [-0.4, -0.2) is 54.6 Å². The van der Waals surface area contributed by atoms with Gasteiger partial charge in [-0.1, -0.05) is 48.0 Å². The van der Waals surface area contributed by atoms with Gasteiger partial charge in [0.2, 0.25) is 0 Å². The molecular formula is C30H29Cl2F3N4O. The van der Waals surface area contributed by atoms with Crippen molar-refractivity contribution in [3.8, 4) is 28.2 Å². The van der Waals surface area contributed by atoms with Crippen LogP contribution in [0.1, 0.15) is 15.9 Å². The summed E-state index contributed by atoms with van der Waals surface area (Å²) in [6.07, 6.45) is -4.54. The molecule has 3 aromatic carbocycles. The Bertz CT molecular complexity index is 1430. The lowest BCUT2D eigenvalue weighted by molar-refractivity contribution is -0.137. The van der Waals surface area contributed by atoms with Crippen LogP contribution >= 0.6 is 24.0 Å². The van der Waals surface area contributed by atoms with E-state index in [9.17, 15) is 18.0 Å². The summed E-state index contributed by atoms with van der Waals surface area (Å²) in [6.45, 7) is 5.14. The van der Waals surface area contributed by atoms with Crippen LogP contribution in [0.4, 0.5) is 13.2 Å². The van der Waals surface area contributed by atoms with Crippen molar-refractivity contribution < 1.29 is 18.0 Å². The summed E-state index contributed by atoms with van der Waals surface area (Å²) in [5.41, 5.74) is 2.34. The Hall–Kier alpha value is -3.30. The largest absolute Gasteiger partial charge is 0.418 e. The zero-order valence-corrected chi connectivity index (χ0v) is 23.1. The summed E-state index contributed by atoms with van der Waals surface area (Å²) < 4.78 is 43.7. The van der Waals surface area contributed by atoms with Crippen molar-refractivity contribution >= 4 is 29.9 Å². The highest BCUT2D eigenvalue weighted by Crippen LogP contribution is 2.39. The number of hydrogen-bond donors (Lipinski definition) is 2. The second kappa shape index (κ2) is 12.9. The maximum atomic E-state index is 14.0. The Morgan fingerprint density at radius 3 is 2.02 bits per heavy atom. The van der Waals surface area contributed by atoms with Gasteiger partial charge in [-0.2, -0.15) is 13.2 Å². The van der Waals surface area contributed by atoms with Gasteiger partial charge in [-0.15, -0.1) is 12.4 Å². The van der Waals surface area contributed by atoms with Crippen LogP contribution in [0.2, 0.25) is 5.02 Å². The van der Waals surface area contributed by atoms with E-state index in [0.717, 1.165) is 44.4 Å². The molecule has 0 aliphatic carbocycles. The number of piperazine rings is 1. The van der Waals surface area contributed by atoms with E-state index in [1.165, 1.54) is 12.1 Å². The van der Waals surface area contributed by atoms with Gasteiger partial charge in [0.05, 0.1) is 22.6 Å². The molecule has 2 heterocycles. The molecule has 4 aromatic rings. The van der Waals surface area contributed by atoms with Crippen molar-refractivity contribution in [2.75, 3.05) is 39.3 Å². The molecule has 0 saturated carbocycles. The summed E-state index contributed by atoms with van der Waals surface area (Å²) in [6, 6.07) is 23.0. The minimum atomic E-state index is -4.54. The zero-order valence-electron chi connectivity index (χ0n) is 21.5. The minimum absolute atomic E-state index is 0. The summed E-state index contributed by atoms with van der Waals surface area (Å²) in [4.78, 5) is 15.0. The zero-order chi connectivity index (χ0) is 27.4. The maximum absolute atomic E-state index is 14.0. The van der Waals surface area contributed by atoms with Gasteiger partial charge in [-0.3, -0.25) is 9.69 Å². The molecular weight excluding hydrogens is 560 g/mol. The molecule has 5 nitrogen and oxygen atoms in total. The van der Waals surface area contributed by atoms with Crippen LogP contribution in [0.25, 0.3) is 28.2 Å². The van der Waals surface area contributed by atoms with Crippen molar-refractivity contribution in [2.45, 2.75) is 6.18 Å². The maximum Gasteiger partial charge on any atom is 0.418 e. The van der Waals surface area contributed by atoms with E-state index in [2.05, 4.69) is 15.5 Å². The topological polar surface area (TPSA) is 49.3 Å². The molecule has 0 radical (unpaired) electrons. The van der Waals surface area contributed by atoms with E-state index in [-0.39, 0.29) is 24.0 Å². The highest BCUT2D eigenvalue weighted by Gasteiger charge is 2.34. The third kappa shape index (κ3) is 6.70. The second-order valence-electron chi connectivity index (χ2n) is 9.39. The Morgan fingerprint density at radius 1 is 0.850 bits per heavy atom. The van der Waals surface area contributed by atoms with Crippen LogP contribution in [0.5, 0.6) is 0 Å². The van der Waals surface area contributed by atoms with Crippen LogP contribution in [0.15, 0.2) is 84.9 Å². The monoisotopic (exact) mass is 588 g/mol. The van der Waals surface area contributed by atoms with Gasteiger partial charge in [0.1, 0.15) is 0 Å². The lowest BCUT2D eigenvalue weighted by atomic mass is 10.1. The Morgan fingerprint density at radius 2 is 1.43 bits per heavy atom. The lowest BCUT2D eigenvalue weighted by Gasteiger charge is -2.27. The Kier molecular flexibility index (Phi) is 9.58.